The molecule has 0 aliphatic carbocycles. The number of nitrogens with two attached hydrogens (primary N) is 1. The average molecular weight is 335 g/mol. The zero-order valence-electron chi connectivity index (χ0n) is 11.3. The SMILES string of the molecule is NC(=O)c1ccc(NC(=O)/C=C/c2cc(Cl)ccc2Cl)cc1. The van der Waals surface area contributed by atoms with Crippen LogP contribution >= 0.6 is 23.2 Å². The van der Waals surface area contributed by atoms with Gasteiger partial charge in [0, 0.05) is 27.4 Å². The van der Waals surface area contributed by atoms with Crippen LogP contribution in [-0.2, 0) is 4.79 Å². The Morgan fingerprint density at radius 1 is 1.05 bits per heavy atom. The molecule has 0 fully saturated rings. The molecule has 0 radical (unpaired) electrons. The van der Waals surface area contributed by atoms with Gasteiger partial charge < -0.3 is 11.1 Å². The minimum absolute atomic E-state index is 0.331. The average Bonchev–Trinajstić information content (AvgIpc) is 2.49. The van der Waals surface area contributed by atoms with Crippen LogP contribution in [-0.4, -0.2) is 11.8 Å². The van der Waals surface area contributed by atoms with Crippen LogP contribution in [0.3, 0.4) is 0 Å². The molecule has 0 spiro atoms. The van der Waals surface area contributed by atoms with E-state index >= 15 is 0 Å². The molecule has 2 amide bonds. The Labute approximate surface area is 137 Å². The lowest BCUT2D eigenvalue weighted by molar-refractivity contribution is -0.111. The van der Waals surface area contributed by atoms with E-state index in [1.807, 2.05) is 0 Å². The molecule has 0 aliphatic rings. The molecule has 6 heteroatoms. The van der Waals surface area contributed by atoms with Crippen molar-refractivity contribution in [2.24, 2.45) is 5.73 Å². The lowest BCUT2D eigenvalue weighted by Gasteiger charge is -2.03. The van der Waals surface area contributed by atoms with Crippen molar-refractivity contribution in [2.75, 3.05) is 5.32 Å². The van der Waals surface area contributed by atoms with Gasteiger partial charge in [0.15, 0.2) is 0 Å². The summed E-state index contributed by atoms with van der Waals surface area (Å²) in [7, 11) is 0. The predicted octanol–water partition coefficient (Wildman–Crippen LogP) is 3.74. The van der Waals surface area contributed by atoms with Crippen molar-refractivity contribution in [1.29, 1.82) is 0 Å². The third kappa shape index (κ3) is 4.35. The molecule has 0 heterocycles. The number of rotatable bonds is 4. The highest BCUT2D eigenvalue weighted by Gasteiger charge is 2.02. The van der Waals surface area contributed by atoms with Crippen LogP contribution in [0.5, 0.6) is 0 Å². The lowest BCUT2D eigenvalue weighted by atomic mass is 10.2. The molecule has 4 nitrogen and oxygen atoms in total. The number of hydrogen-bond donors (Lipinski definition) is 2. The third-order valence-electron chi connectivity index (χ3n) is 2.81. The van der Waals surface area contributed by atoms with Crippen LogP contribution in [0, 0.1) is 0 Å². The fourth-order valence-electron chi connectivity index (χ4n) is 1.71. The summed E-state index contributed by atoms with van der Waals surface area (Å²) in [5, 5.41) is 3.69. The molecule has 112 valence electrons. The van der Waals surface area contributed by atoms with Crippen LogP contribution in [0.25, 0.3) is 6.08 Å². The van der Waals surface area contributed by atoms with Gasteiger partial charge in [-0.1, -0.05) is 23.2 Å². The van der Waals surface area contributed by atoms with Crippen LogP contribution < -0.4 is 11.1 Å². The maximum Gasteiger partial charge on any atom is 0.248 e. The summed E-state index contributed by atoms with van der Waals surface area (Å²) in [4.78, 5) is 22.8. The van der Waals surface area contributed by atoms with E-state index in [1.165, 1.54) is 18.2 Å². The molecule has 0 atom stereocenters. The molecule has 0 aromatic heterocycles. The van der Waals surface area contributed by atoms with Crippen molar-refractivity contribution in [3.63, 3.8) is 0 Å². The summed E-state index contributed by atoms with van der Waals surface area (Å²) < 4.78 is 0. The Morgan fingerprint density at radius 2 is 1.73 bits per heavy atom. The second kappa shape index (κ2) is 7.11. The van der Waals surface area contributed by atoms with Gasteiger partial charge in [0.05, 0.1) is 0 Å². The minimum Gasteiger partial charge on any atom is -0.366 e. The van der Waals surface area contributed by atoms with Crippen molar-refractivity contribution in [3.05, 3.63) is 69.7 Å². The van der Waals surface area contributed by atoms with Gasteiger partial charge in [-0.2, -0.15) is 0 Å². The number of carbonyl (C=O) groups is 2. The van der Waals surface area contributed by atoms with Gasteiger partial charge in [0.25, 0.3) is 0 Å². The molecule has 2 aromatic carbocycles. The van der Waals surface area contributed by atoms with Crippen molar-refractivity contribution < 1.29 is 9.59 Å². The molecule has 0 saturated carbocycles. The van der Waals surface area contributed by atoms with Crippen LogP contribution in [0.1, 0.15) is 15.9 Å². The molecule has 0 bridgehead atoms. The Hall–Kier alpha value is -2.30. The van der Waals surface area contributed by atoms with E-state index in [-0.39, 0.29) is 5.91 Å². The lowest BCUT2D eigenvalue weighted by Crippen LogP contribution is -2.11. The van der Waals surface area contributed by atoms with Crippen LogP contribution in [0.15, 0.2) is 48.5 Å². The maximum absolute atomic E-state index is 11.8. The van der Waals surface area contributed by atoms with Crippen molar-refractivity contribution >= 4 is 46.8 Å². The molecule has 0 unspecified atom stereocenters. The minimum atomic E-state index is -0.520. The van der Waals surface area contributed by atoms with Crippen molar-refractivity contribution in [1.82, 2.24) is 0 Å². The van der Waals surface area contributed by atoms with Crippen molar-refractivity contribution in [2.45, 2.75) is 0 Å². The second-order valence-electron chi connectivity index (χ2n) is 4.43. The van der Waals surface area contributed by atoms with Gasteiger partial charge in [0.1, 0.15) is 0 Å². The van der Waals surface area contributed by atoms with Gasteiger partial charge in [-0.25, -0.2) is 0 Å². The maximum atomic E-state index is 11.8. The number of amides is 2. The summed E-state index contributed by atoms with van der Waals surface area (Å²) in [5.41, 5.74) is 6.72. The molecule has 2 aromatic rings. The zero-order valence-corrected chi connectivity index (χ0v) is 12.9. The van der Waals surface area contributed by atoms with Crippen LogP contribution in [0.2, 0.25) is 10.0 Å². The first-order chi connectivity index (χ1) is 10.5. The molecular weight excluding hydrogens is 323 g/mol. The highest BCUT2D eigenvalue weighted by Crippen LogP contribution is 2.21. The summed E-state index contributed by atoms with van der Waals surface area (Å²) in [5.74, 6) is -0.851. The predicted molar refractivity (Wildman–Crippen MR) is 89.1 cm³/mol. The summed E-state index contributed by atoms with van der Waals surface area (Å²) in [6, 6.07) is 11.3. The Morgan fingerprint density at radius 3 is 2.36 bits per heavy atom. The smallest absolute Gasteiger partial charge is 0.248 e. The van der Waals surface area contributed by atoms with Gasteiger partial charge in [0.2, 0.25) is 11.8 Å². The third-order valence-corrected chi connectivity index (χ3v) is 3.39. The molecule has 22 heavy (non-hydrogen) atoms. The van der Waals surface area contributed by atoms with Crippen LogP contribution in [0.4, 0.5) is 5.69 Å². The fourth-order valence-corrected chi connectivity index (χ4v) is 2.07. The van der Waals surface area contributed by atoms with E-state index in [0.29, 0.717) is 26.9 Å². The number of benzene rings is 2. The largest absolute Gasteiger partial charge is 0.366 e. The standard InChI is InChI=1S/C16H12Cl2N2O2/c17-12-4-7-14(18)11(9-12)3-8-15(21)20-13-5-1-10(2-6-13)16(19)22/h1-9H,(H2,19,22)(H,20,21)/b8-3+. The molecule has 3 N–H and O–H groups in total. The summed E-state index contributed by atoms with van der Waals surface area (Å²) in [6.07, 6.45) is 2.92. The Balaban J connectivity index is 2.04. The molecule has 0 saturated heterocycles. The van der Waals surface area contributed by atoms with E-state index in [9.17, 15) is 9.59 Å². The van der Waals surface area contributed by atoms with Gasteiger partial charge in [-0.3, -0.25) is 9.59 Å². The monoisotopic (exact) mass is 334 g/mol. The van der Waals surface area contributed by atoms with Gasteiger partial charge in [-0.05, 0) is 54.1 Å². The zero-order chi connectivity index (χ0) is 16.1. The first-order valence-electron chi connectivity index (χ1n) is 6.29. The van der Waals surface area contributed by atoms with E-state index in [1.54, 1.807) is 36.4 Å². The Bertz CT molecular complexity index is 740. The van der Waals surface area contributed by atoms with Gasteiger partial charge in [-0.15, -0.1) is 0 Å². The first kappa shape index (κ1) is 16.1. The number of nitrogens with one attached hydrogen (secondary N) is 1. The summed E-state index contributed by atoms with van der Waals surface area (Å²) in [6.45, 7) is 0. The molecular formula is C16H12Cl2N2O2. The number of primary amides is 1. The number of hydrogen-bond acceptors (Lipinski definition) is 2. The van der Waals surface area contributed by atoms with Crippen molar-refractivity contribution in [3.8, 4) is 0 Å². The number of halogens is 2. The highest BCUT2D eigenvalue weighted by atomic mass is 35.5. The van der Waals surface area contributed by atoms with E-state index < -0.39 is 5.91 Å². The molecule has 2 rings (SSSR count). The molecule has 0 aliphatic heterocycles. The number of carbonyl (C=O) groups excluding carboxylic acids is 2. The van der Waals surface area contributed by atoms with E-state index in [0.717, 1.165) is 0 Å². The normalized spacial score (nSPS) is 10.6. The highest BCUT2D eigenvalue weighted by molar-refractivity contribution is 6.34. The summed E-state index contributed by atoms with van der Waals surface area (Å²) >= 11 is 11.9. The van der Waals surface area contributed by atoms with E-state index in [4.69, 9.17) is 28.9 Å². The fraction of sp³-hybridized carbons (Fsp3) is 0. The quantitative estimate of drug-likeness (QED) is 0.836. The second-order valence-corrected chi connectivity index (χ2v) is 5.27. The topological polar surface area (TPSA) is 72.2 Å². The number of anilines is 1. The Kier molecular flexibility index (Phi) is 5.20. The first-order valence-corrected chi connectivity index (χ1v) is 7.05. The van der Waals surface area contributed by atoms with Gasteiger partial charge >= 0.3 is 0 Å². The van der Waals surface area contributed by atoms with E-state index in [2.05, 4.69) is 5.32 Å².